The van der Waals surface area contributed by atoms with E-state index in [1.165, 1.54) is 12.8 Å². The van der Waals surface area contributed by atoms with Crippen molar-refractivity contribution in [2.75, 3.05) is 13.2 Å². The van der Waals surface area contributed by atoms with E-state index in [2.05, 4.69) is 12.2 Å². The van der Waals surface area contributed by atoms with Crippen LogP contribution in [0.15, 0.2) is 18.2 Å². The summed E-state index contributed by atoms with van der Waals surface area (Å²) in [4.78, 5) is 0. The van der Waals surface area contributed by atoms with Crippen LogP contribution in [0, 0.1) is 5.82 Å². The van der Waals surface area contributed by atoms with Gasteiger partial charge < -0.3 is 10.1 Å². The van der Waals surface area contributed by atoms with Crippen LogP contribution in [0.5, 0.6) is 0 Å². The molecule has 1 saturated heterocycles. The molecule has 1 aromatic carbocycles. The van der Waals surface area contributed by atoms with E-state index in [-0.39, 0.29) is 16.9 Å². The number of ether oxygens (including phenoxy) is 1. The van der Waals surface area contributed by atoms with Gasteiger partial charge in [0.1, 0.15) is 5.82 Å². The first-order valence-electron chi connectivity index (χ1n) is 8.01. The summed E-state index contributed by atoms with van der Waals surface area (Å²) in [5, 5.41) is 3.64. The van der Waals surface area contributed by atoms with Crippen molar-refractivity contribution in [2.45, 2.75) is 57.6 Å². The summed E-state index contributed by atoms with van der Waals surface area (Å²) in [6.07, 6.45) is 6.79. The molecule has 2 unspecified atom stereocenters. The molecule has 21 heavy (non-hydrogen) atoms. The third-order valence-electron chi connectivity index (χ3n) is 4.04. The van der Waals surface area contributed by atoms with Crippen LogP contribution in [-0.2, 0) is 4.74 Å². The van der Waals surface area contributed by atoms with Gasteiger partial charge in [-0.3, -0.25) is 0 Å². The lowest BCUT2D eigenvalue weighted by Gasteiger charge is -2.21. The summed E-state index contributed by atoms with van der Waals surface area (Å²) in [6, 6.07) is 5.29. The Hall–Kier alpha value is -0.640. The number of hydrogen-bond acceptors (Lipinski definition) is 2. The molecule has 118 valence electrons. The van der Waals surface area contributed by atoms with Gasteiger partial charge in [0.2, 0.25) is 0 Å². The maximum atomic E-state index is 14.2. The van der Waals surface area contributed by atoms with E-state index in [1.807, 2.05) is 12.1 Å². The molecule has 1 N–H and O–H groups in total. The third kappa shape index (κ3) is 4.94. The Morgan fingerprint density at radius 1 is 1.48 bits per heavy atom. The monoisotopic (exact) mass is 313 g/mol. The SMILES string of the molecule is CCCNC(CCCC1CCCO1)c1cccc(Cl)c1F. The molecule has 0 bridgehead atoms. The first kappa shape index (κ1) is 16.7. The standard InChI is InChI=1S/C17H25ClFNO/c1-2-11-20-16(10-3-6-13-7-5-12-21-13)14-8-4-9-15(18)17(14)19/h4,8-9,13,16,20H,2-3,5-7,10-12H2,1H3. The number of nitrogens with one attached hydrogen (secondary N) is 1. The maximum absolute atomic E-state index is 14.2. The molecular formula is C17H25ClFNO. The van der Waals surface area contributed by atoms with Crippen LogP contribution in [0.1, 0.15) is 57.1 Å². The second-order valence-electron chi connectivity index (χ2n) is 5.72. The van der Waals surface area contributed by atoms with Gasteiger partial charge in [-0.15, -0.1) is 0 Å². The van der Waals surface area contributed by atoms with Crippen molar-refractivity contribution in [3.05, 3.63) is 34.6 Å². The van der Waals surface area contributed by atoms with Gasteiger partial charge in [-0.25, -0.2) is 4.39 Å². The summed E-state index contributed by atoms with van der Waals surface area (Å²) < 4.78 is 19.9. The van der Waals surface area contributed by atoms with Crippen LogP contribution >= 0.6 is 11.6 Å². The van der Waals surface area contributed by atoms with Crippen molar-refractivity contribution in [2.24, 2.45) is 0 Å². The van der Waals surface area contributed by atoms with Crippen LogP contribution in [0.3, 0.4) is 0 Å². The van der Waals surface area contributed by atoms with Gasteiger partial charge in [0.05, 0.1) is 11.1 Å². The van der Waals surface area contributed by atoms with E-state index < -0.39 is 0 Å². The lowest BCUT2D eigenvalue weighted by atomic mass is 9.98. The number of rotatable bonds is 8. The molecule has 0 radical (unpaired) electrons. The summed E-state index contributed by atoms with van der Waals surface area (Å²) in [6.45, 7) is 3.90. The molecule has 2 atom stereocenters. The summed E-state index contributed by atoms with van der Waals surface area (Å²) in [5.41, 5.74) is 0.684. The van der Waals surface area contributed by atoms with Crippen LogP contribution in [0.2, 0.25) is 5.02 Å². The van der Waals surface area contributed by atoms with Crippen molar-refractivity contribution in [3.8, 4) is 0 Å². The molecule has 0 aliphatic carbocycles. The molecule has 1 aliphatic rings. The highest BCUT2D eigenvalue weighted by atomic mass is 35.5. The molecule has 1 aromatic rings. The van der Waals surface area contributed by atoms with E-state index >= 15 is 0 Å². The Morgan fingerprint density at radius 2 is 2.33 bits per heavy atom. The van der Waals surface area contributed by atoms with E-state index in [4.69, 9.17) is 16.3 Å². The first-order chi connectivity index (χ1) is 10.2. The van der Waals surface area contributed by atoms with Gasteiger partial charge in [0.15, 0.2) is 0 Å². The largest absolute Gasteiger partial charge is 0.378 e. The average Bonchev–Trinajstić information content (AvgIpc) is 2.99. The van der Waals surface area contributed by atoms with Crippen molar-refractivity contribution in [3.63, 3.8) is 0 Å². The molecule has 1 fully saturated rings. The van der Waals surface area contributed by atoms with Gasteiger partial charge in [-0.1, -0.05) is 30.7 Å². The molecular weight excluding hydrogens is 289 g/mol. The second-order valence-corrected chi connectivity index (χ2v) is 6.12. The van der Waals surface area contributed by atoms with E-state index in [1.54, 1.807) is 6.07 Å². The topological polar surface area (TPSA) is 21.3 Å². The molecule has 0 spiro atoms. The highest BCUT2D eigenvalue weighted by Crippen LogP contribution is 2.28. The highest BCUT2D eigenvalue weighted by molar-refractivity contribution is 6.30. The van der Waals surface area contributed by atoms with E-state index in [9.17, 15) is 4.39 Å². The van der Waals surface area contributed by atoms with Crippen LogP contribution in [0.25, 0.3) is 0 Å². The Bertz CT molecular complexity index is 435. The quantitative estimate of drug-likeness (QED) is 0.739. The van der Waals surface area contributed by atoms with Crippen molar-refractivity contribution in [1.82, 2.24) is 5.32 Å². The molecule has 1 heterocycles. The predicted molar refractivity (Wildman–Crippen MR) is 85.3 cm³/mol. The molecule has 2 nitrogen and oxygen atoms in total. The lowest BCUT2D eigenvalue weighted by Crippen LogP contribution is -2.23. The molecule has 4 heteroatoms. The van der Waals surface area contributed by atoms with Crippen LogP contribution in [0.4, 0.5) is 4.39 Å². The normalized spacial score (nSPS) is 19.9. The van der Waals surface area contributed by atoms with E-state index in [0.717, 1.165) is 38.8 Å². The number of hydrogen-bond donors (Lipinski definition) is 1. The minimum Gasteiger partial charge on any atom is -0.378 e. The Kier molecular flexibility index (Phi) is 6.94. The van der Waals surface area contributed by atoms with E-state index in [0.29, 0.717) is 11.7 Å². The Labute approximate surface area is 132 Å². The summed E-state index contributed by atoms with van der Waals surface area (Å²) >= 11 is 5.91. The average molecular weight is 314 g/mol. The zero-order valence-corrected chi connectivity index (χ0v) is 13.5. The fourth-order valence-corrected chi connectivity index (χ4v) is 3.08. The first-order valence-corrected chi connectivity index (χ1v) is 8.39. The lowest BCUT2D eigenvalue weighted by molar-refractivity contribution is 0.101. The summed E-state index contributed by atoms with van der Waals surface area (Å²) in [7, 11) is 0. The zero-order valence-electron chi connectivity index (χ0n) is 12.7. The molecule has 0 amide bonds. The molecule has 0 aromatic heterocycles. The van der Waals surface area contributed by atoms with Gasteiger partial charge in [-0.2, -0.15) is 0 Å². The third-order valence-corrected chi connectivity index (χ3v) is 4.33. The smallest absolute Gasteiger partial charge is 0.146 e. The number of benzene rings is 1. The minimum absolute atomic E-state index is 0.0325. The van der Waals surface area contributed by atoms with Gasteiger partial charge >= 0.3 is 0 Å². The fraction of sp³-hybridized carbons (Fsp3) is 0.647. The Balaban J connectivity index is 1.94. The van der Waals surface area contributed by atoms with Crippen molar-refractivity contribution >= 4 is 11.6 Å². The maximum Gasteiger partial charge on any atom is 0.146 e. The minimum atomic E-state index is -0.287. The fourth-order valence-electron chi connectivity index (χ4n) is 2.90. The van der Waals surface area contributed by atoms with Crippen molar-refractivity contribution in [1.29, 1.82) is 0 Å². The van der Waals surface area contributed by atoms with Crippen LogP contribution < -0.4 is 5.32 Å². The van der Waals surface area contributed by atoms with Crippen LogP contribution in [-0.4, -0.2) is 19.3 Å². The van der Waals surface area contributed by atoms with Gasteiger partial charge in [0, 0.05) is 18.2 Å². The molecule has 1 aliphatic heterocycles. The van der Waals surface area contributed by atoms with Gasteiger partial charge in [-0.05, 0) is 51.1 Å². The summed E-state index contributed by atoms with van der Waals surface area (Å²) in [5.74, 6) is -0.287. The Morgan fingerprint density at radius 3 is 3.05 bits per heavy atom. The number of halogens is 2. The van der Waals surface area contributed by atoms with Crippen molar-refractivity contribution < 1.29 is 9.13 Å². The van der Waals surface area contributed by atoms with Gasteiger partial charge in [0.25, 0.3) is 0 Å². The second kappa shape index (κ2) is 8.72. The molecule has 0 saturated carbocycles. The highest BCUT2D eigenvalue weighted by Gasteiger charge is 2.19. The molecule has 2 rings (SSSR count). The predicted octanol–water partition coefficient (Wildman–Crippen LogP) is 4.87. The zero-order chi connectivity index (χ0) is 15.1.